The van der Waals surface area contributed by atoms with Crippen molar-refractivity contribution in [3.8, 4) is 0 Å². The van der Waals surface area contributed by atoms with Crippen LogP contribution < -0.4 is 4.90 Å². The Hall–Kier alpha value is -1.20. The van der Waals surface area contributed by atoms with Crippen molar-refractivity contribution in [2.45, 2.75) is 12.8 Å². The van der Waals surface area contributed by atoms with E-state index in [2.05, 4.69) is 15.9 Å². The number of ether oxygens (including phenoxy) is 1. The zero-order chi connectivity index (χ0) is 13.8. The van der Waals surface area contributed by atoms with Gasteiger partial charge in [-0.25, -0.2) is 0 Å². The average Bonchev–Trinajstić information content (AvgIpc) is 2.45. The minimum Gasteiger partial charge on any atom is -0.375 e. The number of alkyl halides is 1. The molecule has 0 unspecified atom stereocenters. The monoisotopic (exact) mass is 325 g/mol. The van der Waals surface area contributed by atoms with Gasteiger partial charge in [-0.2, -0.15) is 0 Å². The SMILES string of the molecule is COCC(=O)N1CCCc2cc(C(=O)CBr)ccc21. The first kappa shape index (κ1) is 14.2. The number of aryl methyl sites for hydroxylation is 1. The van der Waals surface area contributed by atoms with Crippen LogP contribution in [0.2, 0.25) is 0 Å². The van der Waals surface area contributed by atoms with Crippen molar-refractivity contribution in [2.24, 2.45) is 0 Å². The van der Waals surface area contributed by atoms with Crippen LogP contribution in [0.3, 0.4) is 0 Å². The molecule has 0 aromatic heterocycles. The Morgan fingerprint density at radius 2 is 2.21 bits per heavy atom. The van der Waals surface area contributed by atoms with Crippen LogP contribution in [0, 0.1) is 0 Å². The second-order valence-electron chi connectivity index (χ2n) is 4.48. The highest BCUT2D eigenvalue weighted by Gasteiger charge is 2.23. The summed E-state index contributed by atoms with van der Waals surface area (Å²) in [6.07, 6.45) is 1.81. The van der Waals surface area contributed by atoms with Crippen LogP contribution in [0.5, 0.6) is 0 Å². The Morgan fingerprint density at radius 1 is 1.42 bits per heavy atom. The molecule has 5 heteroatoms. The number of halogens is 1. The summed E-state index contributed by atoms with van der Waals surface area (Å²) in [5.41, 5.74) is 2.65. The van der Waals surface area contributed by atoms with E-state index in [1.54, 1.807) is 11.0 Å². The molecule has 1 heterocycles. The quantitative estimate of drug-likeness (QED) is 0.629. The van der Waals surface area contributed by atoms with Crippen LogP contribution in [-0.4, -0.2) is 37.3 Å². The number of anilines is 1. The number of rotatable bonds is 4. The first-order chi connectivity index (χ1) is 9.17. The molecule has 0 saturated carbocycles. The van der Waals surface area contributed by atoms with Gasteiger partial charge in [0.2, 0.25) is 0 Å². The van der Waals surface area contributed by atoms with Crippen molar-refractivity contribution in [2.75, 3.05) is 30.5 Å². The summed E-state index contributed by atoms with van der Waals surface area (Å²) >= 11 is 3.17. The lowest BCUT2D eigenvalue weighted by Gasteiger charge is -2.29. The van der Waals surface area contributed by atoms with Gasteiger partial charge in [-0.15, -0.1) is 0 Å². The number of carbonyl (C=O) groups is 2. The molecule has 0 bridgehead atoms. The maximum atomic E-state index is 12.0. The van der Waals surface area contributed by atoms with Crippen molar-refractivity contribution in [1.29, 1.82) is 0 Å². The third kappa shape index (κ3) is 3.04. The molecule has 1 aromatic carbocycles. The van der Waals surface area contributed by atoms with Gasteiger partial charge in [0.05, 0.1) is 5.33 Å². The fourth-order valence-corrected chi connectivity index (χ4v) is 2.63. The van der Waals surface area contributed by atoms with E-state index in [1.807, 2.05) is 12.1 Å². The van der Waals surface area contributed by atoms with Gasteiger partial charge in [-0.3, -0.25) is 9.59 Å². The Bertz CT molecular complexity index is 501. The topological polar surface area (TPSA) is 46.6 Å². The number of nitrogens with zero attached hydrogens (tertiary/aromatic N) is 1. The zero-order valence-corrected chi connectivity index (χ0v) is 12.4. The van der Waals surface area contributed by atoms with E-state index < -0.39 is 0 Å². The average molecular weight is 326 g/mol. The van der Waals surface area contributed by atoms with Crippen molar-refractivity contribution >= 4 is 33.3 Å². The van der Waals surface area contributed by atoms with E-state index in [0.717, 1.165) is 24.1 Å². The molecule has 0 atom stereocenters. The molecule has 0 spiro atoms. The molecule has 102 valence electrons. The number of methoxy groups -OCH3 is 1. The molecule has 19 heavy (non-hydrogen) atoms. The summed E-state index contributed by atoms with van der Waals surface area (Å²) in [7, 11) is 1.51. The second-order valence-corrected chi connectivity index (χ2v) is 5.04. The third-order valence-corrected chi connectivity index (χ3v) is 3.72. The van der Waals surface area contributed by atoms with E-state index in [1.165, 1.54) is 7.11 Å². The molecule has 2 rings (SSSR count). The first-order valence-corrected chi connectivity index (χ1v) is 7.31. The molecule has 1 aliphatic rings. The fraction of sp³-hybridized carbons (Fsp3) is 0.429. The summed E-state index contributed by atoms with van der Waals surface area (Å²) < 4.78 is 4.90. The number of amides is 1. The lowest BCUT2D eigenvalue weighted by molar-refractivity contribution is -0.122. The van der Waals surface area contributed by atoms with E-state index >= 15 is 0 Å². The Labute approximate surface area is 120 Å². The molecule has 0 saturated heterocycles. The molecule has 0 fully saturated rings. The number of fused-ring (bicyclic) bond motifs is 1. The molecular weight excluding hydrogens is 310 g/mol. The van der Waals surface area contributed by atoms with Crippen molar-refractivity contribution < 1.29 is 14.3 Å². The van der Waals surface area contributed by atoms with Crippen molar-refractivity contribution in [3.05, 3.63) is 29.3 Å². The minimum absolute atomic E-state index is 0.0389. The highest BCUT2D eigenvalue weighted by molar-refractivity contribution is 9.09. The van der Waals surface area contributed by atoms with Gasteiger partial charge in [-0.1, -0.05) is 15.9 Å². The predicted octanol–water partition coefficient (Wildman–Crippen LogP) is 2.19. The van der Waals surface area contributed by atoms with Gasteiger partial charge in [0.1, 0.15) is 6.61 Å². The van der Waals surface area contributed by atoms with Crippen molar-refractivity contribution in [1.82, 2.24) is 0 Å². The van der Waals surface area contributed by atoms with Gasteiger partial charge < -0.3 is 9.64 Å². The summed E-state index contributed by atoms with van der Waals surface area (Å²) in [5.74, 6) is 0.0196. The molecule has 4 nitrogen and oxygen atoms in total. The van der Waals surface area contributed by atoms with Crippen LogP contribution in [0.4, 0.5) is 5.69 Å². The zero-order valence-electron chi connectivity index (χ0n) is 10.8. The van der Waals surface area contributed by atoms with Gasteiger partial charge in [-0.05, 0) is 36.6 Å². The van der Waals surface area contributed by atoms with E-state index in [0.29, 0.717) is 17.4 Å². The van der Waals surface area contributed by atoms with E-state index in [9.17, 15) is 9.59 Å². The standard InChI is InChI=1S/C14H16BrNO3/c1-19-9-14(18)16-6-2-3-10-7-11(13(17)8-15)4-5-12(10)16/h4-5,7H,2-3,6,8-9H2,1H3. The van der Waals surface area contributed by atoms with Crippen LogP contribution in [0.15, 0.2) is 18.2 Å². The summed E-state index contributed by atoms with van der Waals surface area (Å²) in [5, 5.41) is 0.318. The number of Topliss-reactive ketones (excluding diaryl/α,β-unsaturated/α-hetero) is 1. The van der Waals surface area contributed by atoms with Crippen LogP contribution >= 0.6 is 15.9 Å². The lowest BCUT2D eigenvalue weighted by Crippen LogP contribution is -2.37. The maximum Gasteiger partial charge on any atom is 0.252 e. The summed E-state index contributed by atoms with van der Waals surface area (Å²) in [6, 6.07) is 5.53. The van der Waals surface area contributed by atoms with E-state index in [-0.39, 0.29) is 18.3 Å². The number of hydrogen-bond donors (Lipinski definition) is 0. The fourth-order valence-electron chi connectivity index (χ4n) is 2.31. The predicted molar refractivity (Wildman–Crippen MR) is 77.1 cm³/mol. The maximum absolute atomic E-state index is 12.0. The number of benzene rings is 1. The van der Waals surface area contributed by atoms with E-state index in [4.69, 9.17) is 4.74 Å². The molecule has 0 aliphatic carbocycles. The number of carbonyl (C=O) groups excluding carboxylic acids is 2. The summed E-state index contributed by atoms with van der Waals surface area (Å²) in [6.45, 7) is 0.794. The molecular formula is C14H16BrNO3. The lowest BCUT2D eigenvalue weighted by atomic mass is 9.98. The highest BCUT2D eigenvalue weighted by atomic mass is 79.9. The molecule has 0 N–H and O–H groups in total. The number of ketones is 1. The second kappa shape index (κ2) is 6.30. The van der Waals surface area contributed by atoms with Crippen LogP contribution in [0.1, 0.15) is 22.3 Å². The normalized spacial score (nSPS) is 14.1. The Kier molecular flexibility index (Phi) is 4.71. The molecule has 1 amide bonds. The first-order valence-electron chi connectivity index (χ1n) is 6.18. The Morgan fingerprint density at radius 3 is 2.89 bits per heavy atom. The van der Waals surface area contributed by atoms with Gasteiger partial charge in [0.15, 0.2) is 5.78 Å². The summed E-state index contributed by atoms with van der Waals surface area (Å²) in [4.78, 5) is 25.4. The highest BCUT2D eigenvalue weighted by Crippen LogP contribution is 2.28. The van der Waals surface area contributed by atoms with Gasteiger partial charge in [0.25, 0.3) is 5.91 Å². The van der Waals surface area contributed by atoms with Crippen LogP contribution in [0.25, 0.3) is 0 Å². The van der Waals surface area contributed by atoms with Crippen molar-refractivity contribution in [3.63, 3.8) is 0 Å². The Balaban J connectivity index is 2.30. The third-order valence-electron chi connectivity index (χ3n) is 3.21. The minimum atomic E-state index is -0.0389. The van der Waals surface area contributed by atoms with Gasteiger partial charge in [0, 0.05) is 24.9 Å². The number of hydrogen-bond acceptors (Lipinski definition) is 3. The molecule has 1 aliphatic heterocycles. The molecule has 1 aromatic rings. The molecule has 0 radical (unpaired) electrons. The largest absolute Gasteiger partial charge is 0.375 e. The smallest absolute Gasteiger partial charge is 0.252 e. The van der Waals surface area contributed by atoms with Gasteiger partial charge >= 0.3 is 0 Å². The van der Waals surface area contributed by atoms with Crippen LogP contribution in [-0.2, 0) is 16.0 Å².